The van der Waals surface area contributed by atoms with E-state index in [1.165, 1.54) is 0 Å². The van der Waals surface area contributed by atoms with Crippen molar-refractivity contribution in [1.29, 1.82) is 0 Å². The van der Waals surface area contributed by atoms with Crippen LogP contribution in [0.15, 0.2) is 33.2 Å². The third-order valence-corrected chi connectivity index (χ3v) is 3.50. The molecule has 1 aliphatic carbocycles. The number of rotatable bonds is 2. The molecule has 1 aromatic heterocycles. The van der Waals surface area contributed by atoms with E-state index in [0.717, 1.165) is 28.3 Å². The molecule has 0 saturated heterocycles. The third kappa shape index (κ3) is 1.60. The first-order chi connectivity index (χ1) is 7.25. The van der Waals surface area contributed by atoms with Gasteiger partial charge in [-0.05, 0) is 46.8 Å². The fourth-order valence-corrected chi connectivity index (χ4v) is 2.30. The van der Waals surface area contributed by atoms with Crippen LogP contribution < -0.4 is 0 Å². The number of benzene rings is 1. The van der Waals surface area contributed by atoms with E-state index in [2.05, 4.69) is 15.9 Å². The van der Waals surface area contributed by atoms with Crippen LogP contribution in [0.4, 0.5) is 0 Å². The summed E-state index contributed by atoms with van der Waals surface area (Å²) in [4.78, 5) is 0. The molecule has 1 saturated carbocycles. The summed E-state index contributed by atoms with van der Waals surface area (Å²) in [6.45, 7) is 0. The van der Waals surface area contributed by atoms with E-state index in [1.807, 2.05) is 24.3 Å². The summed E-state index contributed by atoms with van der Waals surface area (Å²) < 4.78 is 6.60. The Balaban J connectivity index is 2.09. The fraction of sp³-hybridized carbons (Fsp3) is 0.333. The van der Waals surface area contributed by atoms with Gasteiger partial charge in [0.05, 0.1) is 4.47 Å². The topological polar surface area (TPSA) is 33.4 Å². The van der Waals surface area contributed by atoms with Gasteiger partial charge in [0.2, 0.25) is 0 Å². The van der Waals surface area contributed by atoms with Crippen LogP contribution in [0.2, 0.25) is 0 Å². The molecule has 1 N–H and O–H groups in total. The van der Waals surface area contributed by atoms with Gasteiger partial charge in [-0.2, -0.15) is 0 Å². The largest absolute Gasteiger partial charge is 0.457 e. The highest BCUT2D eigenvalue weighted by Crippen LogP contribution is 2.42. The number of furan rings is 1. The van der Waals surface area contributed by atoms with Gasteiger partial charge in [0.1, 0.15) is 17.4 Å². The highest BCUT2D eigenvalue weighted by molar-refractivity contribution is 9.10. The first kappa shape index (κ1) is 9.43. The van der Waals surface area contributed by atoms with E-state index < -0.39 is 6.10 Å². The zero-order valence-electron chi connectivity index (χ0n) is 8.11. The molecule has 0 aliphatic heterocycles. The summed E-state index contributed by atoms with van der Waals surface area (Å²) in [6.07, 6.45) is 1.79. The minimum Gasteiger partial charge on any atom is -0.457 e. The summed E-state index contributed by atoms with van der Waals surface area (Å²) in [5.74, 6) is 1.10. The highest BCUT2D eigenvalue weighted by Gasteiger charge is 2.33. The fourth-order valence-electron chi connectivity index (χ4n) is 1.84. The SMILES string of the molecule is OC(c1cc2cccc(Br)c2o1)C1CC1. The maximum Gasteiger partial charge on any atom is 0.148 e. The smallest absolute Gasteiger partial charge is 0.148 e. The summed E-state index contributed by atoms with van der Waals surface area (Å²) in [5, 5.41) is 11.0. The Kier molecular flexibility index (Phi) is 2.11. The van der Waals surface area contributed by atoms with E-state index in [-0.39, 0.29) is 0 Å². The molecular weight excluding hydrogens is 256 g/mol. The second kappa shape index (κ2) is 3.35. The van der Waals surface area contributed by atoms with Crippen molar-refractivity contribution < 1.29 is 9.52 Å². The number of fused-ring (bicyclic) bond motifs is 1. The molecule has 0 radical (unpaired) electrons. The maximum absolute atomic E-state index is 9.94. The predicted molar refractivity (Wildman–Crippen MR) is 61.6 cm³/mol. The van der Waals surface area contributed by atoms with Crippen LogP contribution in [0.1, 0.15) is 24.7 Å². The van der Waals surface area contributed by atoms with Crippen LogP contribution in [-0.4, -0.2) is 5.11 Å². The molecule has 2 nitrogen and oxygen atoms in total. The molecule has 3 heteroatoms. The number of aliphatic hydroxyl groups excluding tert-OH is 1. The minimum atomic E-state index is -0.427. The minimum absolute atomic E-state index is 0.407. The molecule has 3 rings (SSSR count). The Bertz CT molecular complexity index is 499. The number of para-hydroxylation sites is 1. The standard InChI is InChI=1S/C12H11BrO2/c13-9-3-1-2-8-6-10(15-12(8)9)11(14)7-4-5-7/h1-3,6-7,11,14H,4-5H2. The highest BCUT2D eigenvalue weighted by atomic mass is 79.9. The molecule has 0 bridgehead atoms. The van der Waals surface area contributed by atoms with Crippen molar-refractivity contribution in [1.82, 2.24) is 0 Å². The second-order valence-corrected chi connectivity index (χ2v) is 4.94. The Morgan fingerprint density at radius 1 is 1.40 bits per heavy atom. The number of aliphatic hydroxyl groups is 1. The molecule has 1 heterocycles. The van der Waals surface area contributed by atoms with Crippen molar-refractivity contribution >= 4 is 26.9 Å². The lowest BCUT2D eigenvalue weighted by Gasteiger charge is -2.03. The molecule has 1 unspecified atom stereocenters. The first-order valence-electron chi connectivity index (χ1n) is 5.12. The Hall–Kier alpha value is -0.800. The van der Waals surface area contributed by atoms with Gasteiger partial charge in [-0.25, -0.2) is 0 Å². The van der Waals surface area contributed by atoms with E-state index in [9.17, 15) is 5.11 Å². The quantitative estimate of drug-likeness (QED) is 0.901. The zero-order chi connectivity index (χ0) is 10.4. The molecular formula is C12H11BrO2. The molecule has 2 aromatic rings. The van der Waals surface area contributed by atoms with E-state index >= 15 is 0 Å². The number of hydrogen-bond acceptors (Lipinski definition) is 2. The monoisotopic (exact) mass is 266 g/mol. The average molecular weight is 267 g/mol. The van der Waals surface area contributed by atoms with Crippen LogP contribution in [0.3, 0.4) is 0 Å². The van der Waals surface area contributed by atoms with Crippen molar-refractivity contribution in [3.63, 3.8) is 0 Å². The van der Waals surface area contributed by atoms with Crippen LogP contribution in [0.5, 0.6) is 0 Å². The Morgan fingerprint density at radius 3 is 2.87 bits per heavy atom. The zero-order valence-corrected chi connectivity index (χ0v) is 9.70. The van der Waals surface area contributed by atoms with Crippen molar-refractivity contribution in [3.05, 3.63) is 34.5 Å². The molecule has 1 fully saturated rings. The van der Waals surface area contributed by atoms with Gasteiger partial charge in [0.25, 0.3) is 0 Å². The molecule has 1 atom stereocenters. The average Bonchev–Trinajstić information content (AvgIpc) is 2.97. The number of hydrogen-bond donors (Lipinski definition) is 1. The lowest BCUT2D eigenvalue weighted by atomic mass is 10.1. The van der Waals surface area contributed by atoms with E-state index in [4.69, 9.17) is 4.42 Å². The maximum atomic E-state index is 9.94. The van der Waals surface area contributed by atoms with Crippen LogP contribution in [0.25, 0.3) is 11.0 Å². The van der Waals surface area contributed by atoms with Crippen molar-refractivity contribution in [2.75, 3.05) is 0 Å². The molecule has 1 aromatic carbocycles. The normalized spacial score (nSPS) is 18.3. The van der Waals surface area contributed by atoms with Gasteiger partial charge < -0.3 is 9.52 Å². The molecule has 78 valence electrons. The summed E-state index contributed by atoms with van der Waals surface area (Å²) in [5.41, 5.74) is 0.826. The molecule has 0 spiro atoms. The van der Waals surface area contributed by atoms with Crippen molar-refractivity contribution in [2.45, 2.75) is 18.9 Å². The van der Waals surface area contributed by atoms with E-state index in [1.54, 1.807) is 0 Å². The summed E-state index contributed by atoms with van der Waals surface area (Å²) in [7, 11) is 0. The summed E-state index contributed by atoms with van der Waals surface area (Å²) >= 11 is 3.44. The van der Waals surface area contributed by atoms with Crippen LogP contribution in [-0.2, 0) is 0 Å². The number of halogens is 1. The van der Waals surface area contributed by atoms with Crippen molar-refractivity contribution in [3.8, 4) is 0 Å². The van der Waals surface area contributed by atoms with Crippen LogP contribution >= 0.6 is 15.9 Å². The van der Waals surface area contributed by atoms with Crippen molar-refractivity contribution in [2.24, 2.45) is 5.92 Å². The molecule has 15 heavy (non-hydrogen) atoms. The Labute approximate surface area is 96.0 Å². The van der Waals surface area contributed by atoms with Gasteiger partial charge >= 0.3 is 0 Å². The first-order valence-corrected chi connectivity index (χ1v) is 5.91. The lowest BCUT2D eigenvalue weighted by molar-refractivity contribution is 0.129. The van der Waals surface area contributed by atoms with Gasteiger partial charge in [0.15, 0.2) is 0 Å². The lowest BCUT2D eigenvalue weighted by Crippen LogP contribution is -1.96. The van der Waals surface area contributed by atoms with Gasteiger partial charge in [-0.1, -0.05) is 12.1 Å². The third-order valence-electron chi connectivity index (χ3n) is 2.88. The summed E-state index contributed by atoms with van der Waals surface area (Å²) in [6, 6.07) is 7.84. The second-order valence-electron chi connectivity index (χ2n) is 4.09. The van der Waals surface area contributed by atoms with E-state index in [0.29, 0.717) is 11.7 Å². The molecule has 1 aliphatic rings. The molecule has 0 amide bonds. The predicted octanol–water partition coefficient (Wildman–Crippen LogP) is 3.64. The Morgan fingerprint density at radius 2 is 2.20 bits per heavy atom. The van der Waals surface area contributed by atoms with Crippen LogP contribution in [0, 0.1) is 5.92 Å². The van der Waals surface area contributed by atoms with Gasteiger partial charge in [0, 0.05) is 5.39 Å². The van der Waals surface area contributed by atoms with Gasteiger partial charge in [-0.15, -0.1) is 0 Å². The van der Waals surface area contributed by atoms with Gasteiger partial charge in [-0.3, -0.25) is 0 Å².